The standard InChI is InChI=1S/C25H36N2O4SSi/c1-24(2,3)20-13-12-19(27(20)23(29)30)22-26-18(15-32-22)21(28)16-10-9-11-17(14-16)31-33(7,8)25(4,5)6/h9-11,14-15,19-20H,12-13H2,1-8H3,(H,29,30)/t19-,20-/m0/s1. The van der Waals surface area contributed by atoms with Crippen molar-refractivity contribution in [3.8, 4) is 5.75 Å². The Morgan fingerprint density at radius 3 is 2.39 bits per heavy atom. The van der Waals surface area contributed by atoms with Crippen LogP contribution in [0, 0.1) is 5.41 Å². The Kier molecular flexibility index (Phi) is 6.84. The van der Waals surface area contributed by atoms with Gasteiger partial charge in [0, 0.05) is 17.0 Å². The third-order valence-electron chi connectivity index (χ3n) is 6.92. The Morgan fingerprint density at radius 2 is 1.82 bits per heavy atom. The maximum absolute atomic E-state index is 13.2. The molecule has 1 aliphatic heterocycles. The second kappa shape index (κ2) is 8.87. The van der Waals surface area contributed by atoms with Gasteiger partial charge in [-0.3, -0.25) is 9.69 Å². The maximum Gasteiger partial charge on any atom is 0.408 e. The molecule has 2 aromatic rings. The van der Waals surface area contributed by atoms with Crippen LogP contribution in [0.5, 0.6) is 5.75 Å². The average molecular weight is 489 g/mol. The van der Waals surface area contributed by atoms with Crippen molar-refractivity contribution in [1.82, 2.24) is 9.88 Å². The molecule has 0 bridgehead atoms. The van der Waals surface area contributed by atoms with Gasteiger partial charge in [0.15, 0.2) is 0 Å². The molecule has 1 aliphatic rings. The van der Waals surface area contributed by atoms with E-state index in [1.54, 1.807) is 17.5 Å². The van der Waals surface area contributed by atoms with Crippen LogP contribution in [0.15, 0.2) is 29.6 Å². The summed E-state index contributed by atoms with van der Waals surface area (Å²) in [6.45, 7) is 17.1. The number of aromatic nitrogens is 1. The summed E-state index contributed by atoms with van der Waals surface area (Å²) in [4.78, 5) is 31.4. The molecular formula is C25H36N2O4SSi. The molecule has 33 heavy (non-hydrogen) atoms. The highest BCUT2D eigenvalue weighted by Gasteiger charge is 2.44. The Labute approximate surface area is 202 Å². The van der Waals surface area contributed by atoms with E-state index >= 15 is 0 Å². The third-order valence-corrected chi connectivity index (χ3v) is 12.2. The number of likely N-dealkylation sites (tertiary alicyclic amines) is 1. The quantitative estimate of drug-likeness (QED) is 0.362. The number of carboxylic acid groups (broad SMARTS) is 1. The van der Waals surface area contributed by atoms with Crippen molar-refractivity contribution in [2.24, 2.45) is 5.41 Å². The number of amides is 1. The molecule has 0 radical (unpaired) electrons. The molecule has 2 heterocycles. The third kappa shape index (κ3) is 5.32. The predicted molar refractivity (Wildman–Crippen MR) is 135 cm³/mol. The lowest BCUT2D eigenvalue weighted by molar-refractivity contribution is 0.0867. The lowest BCUT2D eigenvalue weighted by Gasteiger charge is -2.36. The first-order chi connectivity index (χ1) is 15.1. The molecule has 3 rings (SSSR count). The fourth-order valence-electron chi connectivity index (χ4n) is 4.01. The molecule has 8 heteroatoms. The van der Waals surface area contributed by atoms with Crippen LogP contribution < -0.4 is 4.43 Å². The van der Waals surface area contributed by atoms with E-state index < -0.39 is 14.4 Å². The van der Waals surface area contributed by atoms with Crippen LogP contribution in [0.2, 0.25) is 18.1 Å². The highest BCUT2D eigenvalue weighted by atomic mass is 32.1. The second-order valence-electron chi connectivity index (χ2n) is 11.5. The van der Waals surface area contributed by atoms with E-state index in [0.717, 1.165) is 6.42 Å². The SMILES string of the molecule is CC(C)(C)[C@@H]1CC[C@@H](c2nc(C(=O)c3cccc(O[Si](C)(C)C(C)(C)C)c3)cs2)N1C(=O)O. The molecule has 0 saturated carbocycles. The average Bonchev–Trinajstić information content (AvgIpc) is 3.33. The van der Waals surface area contributed by atoms with Crippen LogP contribution >= 0.6 is 11.3 Å². The Balaban J connectivity index is 1.83. The fraction of sp³-hybridized carbons (Fsp3) is 0.560. The van der Waals surface area contributed by atoms with Gasteiger partial charge in [-0.2, -0.15) is 0 Å². The summed E-state index contributed by atoms with van der Waals surface area (Å²) in [5.74, 6) is 0.522. The molecule has 1 aromatic carbocycles. The highest BCUT2D eigenvalue weighted by Crippen LogP contribution is 2.44. The molecule has 2 atom stereocenters. The molecule has 1 aromatic heterocycles. The Morgan fingerprint density at radius 1 is 1.15 bits per heavy atom. The monoisotopic (exact) mass is 488 g/mol. The molecular weight excluding hydrogens is 452 g/mol. The predicted octanol–water partition coefficient (Wildman–Crippen LogP) is 6.99. The largest absolute Gasteiger partial charge is 0.543 e. The van der Waals surface area contributed by atoms with Crippen molar-refractivity contribution >= 4 is 31.5 Å². The van der Waals surface area contributed by atoms with Gasteiger partial charge in [-0.1, -0.05) is 53.7 Å². The van der Waals surface area contributed by atoms with Crippen molar-refractivity contribution in [3.05, 3.63) is 45.9 Å². The minimum atomic E-state index is -2.02. The van der Waals surface area contributed by atoms with E-state index in [4.69, 9.17) is 4.43 Å². The zero-order valence-corrected chi connectivity index (χ0v) is 22.7. The van der Waals surface area contributed by atoms with Gasteiger partial charge in [-0.05, 0) is 48.5 Å². The molecule has 1 saturated heterocycles. The molecule has 0 unspecified atom stereocenters. The topological polar surface area (TPSA) is 79.7 Å². The van der Waals surface area contributed by atoms with Crippen LogP contribution in [0.4, 0.5) is 4.79 Å². The molecule has 1 fully saturated rings. The zero-order chi connectivity index (χ0) is 24.8. The number of rotatable bonds is 5. The first-order valence-corrected chi connectivity index (χ1v) is 15.2. The summed E-state index contributed by atoms with van der Waals surface area (Å²) >= 11 is 1.36. The van der Waals surface area contributed by atoms with Gasteiger partial charge < -0.3 is 9.53 Å². The number of ketones is 1. The van der Waals surface area contributed by atoms with Crippen LogP contribution in [-0.2, 0) is 0 Å². The van der Waals surface area contributed by atoms with Crippen molar-refractivity contribution < 1.29 is 19.1 Å². The van der Waals surface area contributed by atoms with Crippen molar-refractivity contribution in [1.29, 1.82) is 0 Å². The summed E-state index contributed by atoms with van der Waals surface area (Å²) in [7, 11) is -2.02. The Hall–Kier alpha value is -2.19. The van der Waals surface area contributed by atoms with E-state index in [1.165, 1.54) is 16.2 Å². The van der Waals surface area contributed by atoms with Crippen LogP contribution in [0.1, 0.15) is 81.5 Å². The normalized spacial score (nSPS) is 19.6. The van der Waals surface area contributed by atoms with Gasteiger partial charge in [0.25, 0.3) is 0 Å². The van der Waals surface area contributed by atoms with E-state index in [2.05, 4.69) is 59.6 Å². The van der Waals surface area contributed by atoms with E-state index in [1.807, 2.05) is 12.1 Å². The minimum absolute atomic E-state index is 0.0546. The van der Waals surface area contributed by atoms with Crippen molar-refractivity contribution in [2.75, 3.05) is 0 Å². The van der Waals surface area contributed by atoms with E-state index in [0.29, 0.717) is 28.4 Å². The van der Waals surface area contributed by atoms with E-state index in [9.17, 15) is 14.7 Å². The first-order valence-electron chi connectivity index (χ1n) is 11.4. The van der Waals surface area contributed by atoms with Crippen LogP contribution in [0.25, 0.3) is 0 Å². The van der Waals surface area contributed by atoms with Crippen LogP contribution in [0.3, 0.4) is 0 Å². The molecule has 0 aliphatic carbocycles. The van der Waals surface area contributed by atoms with Gasteiger partial charge >= 0.3 is 6.09 Å². The van der Waals surface area contributed by atoms with Crippen LogP contribution in [-0.4, -0.2) is 41.2 Å². The number of carbonyl (C=O) groups is 2. The summed E-state index contributed by atoms with van der Waals surface area (Å²) in [6.07, 6.45) is 0.567. The zero-order valence-electron chi connectivity index (χ0n) is 20.9. The van der Waals surface area contributed by atoms with Gasteiger partial charge in [0.05, 0.1) is 6.04 Å². The van der Waals surface area contributed by atoms with Gasteiger partial charge in [0.2, 0.25) is 14.1 Å². The van der Waals surface area contributed by atoms with Gasteiger partial charge in [-0.15, -0.1) is 11.3 Å². The number of hydrogen-bond donors (Lipinski definition) is 1. The number of hydrogen-bond acceptors (Lipinski definition) is 5. The Bertz CT molecular complexity index is 1040. The minimum Gasteiger partial charge on any atom is -0.543 e. The highest BCUT2D eigenvalue weighted by molar-refractivity contribution is 7.10. The first kappa shape index (κ1) is 25.4. The van der Waals surface area contributed by atoms with Crippen molar-refractivity contribution in [2.45, 2.75) is 84.6 Å². The lowest BCUT2D eigenvalue weighted by atomic mass is 9.85. The molecule has 6 nitrogen and oxygen atoms in total. The second-order valence-corrected chi connectivity index (χ2v) is 17.1. The molecule has 1 amide bonds. The number of benzene rings is 1. The molecule has 180 valence electrons. The van der Waals surface area contributed by atoms with Crippen molar-refractivity contribution in [3.63, 3.8) is 0 Å². The molecule has 1 N–H and O–H groups in total. The summed E-state index contributed by atoms with van der Waals surface area (Å²) in [5, 5.41) is 12.4. The van der Waals surface area contributed by atoms with Gasteiger partial charge in [0.1, 0.15) is 16.5 Å². The molecule has 0 spiro atoms. The van der Waals surface area contributed by atoms with Gasteiger partial charge in [-0.25, -0.2) is 9.78 Å². The lowest BCUT2D eigenvalue weighted by Crippen LogP contribution is -2.43. The smallest absolute Gasteiger partial charge is 0.408 e. The summed E-state index contributed by atoms with van der Waals surface area (Å²) in [6, 6.07) is 6.89. The van der Waals surface area contributed by atoms with E-state index in [-0.39, 0.29) is 28.3 Å². The fourth-order valence-corrected chi connectivity index (χ4v) is 5.97. The summed E-state index contributed by atoms with van der Waals surface area (Å²) < 4.78 is 6.36. The number of nitrogens with zero attached hydrogens (tertiary/aromatic N) is 2. The maximum atomic E-state index is 13.2. The summed E-state index contributed by atoms with van der Waals surface area (Å²) in [5.41, 5.74) is 0.717. The number of carbonyl (C=O) groups excluding carboxylic acids is 1. The number of thiazole rings is 1.